The minimum Gasteiger partial charge on any atom is -0.485 e. The van der Waals surface area contributed by atoms with Crippen LogP contribution in [0.25, 0.3) is 16.9 Å². The number of aryl methyl sites for hydroxylation is 1. The number of nitrogens with zero attached hydrogens (tertiary/aromatic N) is 7. The molecule has 16 heteroatoms. The Bertz CT molecular complexity index is 2510. The second-order valence-electron chi connectivity index (χ2n) is 16.3. The Balaban J connectivity index is 0.775. The van der Waals surface area contributed by atoms with Crippen LogP contribution in [0.5, 0.6) is 5.75 Å². The van der Waals surface area contributed by atoms with E-state index in [2.05, 4.69) is 49.4 Å². The lowest BCUT2D eigenvalue weighted by Gasteiger charge is -2.42. The van der Waals surface area contributed by atoms with Crippen LogP contribution in [0.15, 0.2) is 78.2 Å². The maximum Gasteiger partial charge on any atom is 0.278 e. The van der Waals surface area contributed by atoms with E-state index in [4.69, 9.17) is 14.7 Å². The number of amides is 2. The van der Waals surface area contributed by atoms with Crippen molar-refractivity contribution in [2.45, 2.75) is 76.2 Å². The van der Waals surface area contributed by atoms with Crippen molar-refractivity contribution in [1.29, 1.82) is 0 Å². The fourth-order valence-electron chi connectivity index (χ4n) is 8.88. The summed E-state index contributed by atoms with van der Waals surface area (Å²) < 4.78 is 24.1. The van der Waals surface area contributed by atoms with Gasteiger partial charge in [0, 0.05) is 68.5 Å². The van der Waals surface area contributed by atoms with Gasteiger partial charge < -0.3 is 25.4 Å². The van der Waals surface area contributed by atoms with Crippen LogP contribution in [0.3, 0.4) is 0 Å². The van der Waals surface area contributed by atoms with Crippen molar-refractivity contribution < 1.29 is 23.8 Å². The van der Waals surface area contributed by atoms with Gasteiger partial charge in [-0.1, -0.05) is 19.1 Å². The van der Waals surface area contributed by atoms with E-state index in [1.165, 1.54) is 16.9 Å². The van der Waals surface area contributed by atoms with Crippen LogP contribution in [-0.2, 0) is 28.2 Å². The van der Waals surface area contributed by atoms with E-state index in [-0.39, 0.29) is 36.3 Å². The molecule has 60 heavy (non-hydrogen) atoms. The number of halogens is 1. The van der Waals surface area contributed by atoms with Gasteiger partial charge in [-0.2, -0.15) is 4.98 Å². The van der Waals surface area contributed by atoms with Crippen molar-refractivity contribution >= 4 is 45.9 Å². The number of ether oxygens (including phenoxy) is 1. The first kappa shape index (κ1) is 39.3. The number of hydrogen-bond acceptors (Lipinski definition) is 12. The largest absolute Gasteiger partial charge is 0.485 e. The number of carbonyl (C=O) groups excluding carboxylic acids is 2. The van der Waals surface area contributed by atoms with Gasteiger partial charge >= 0.3 is 0 Å². The molecule has 2 amide bonds. The zero-order valence-corrected chi connectivity index (χ0v) is 33.6. The third-order valence-electron chi connectivity index (χ3n) is 12.3. The number of hydrogen-bond donors (Lipinski definition) is 4. The molecule has 3 aromatic heterocycles. The number of piperidine rings is 2. The molecule has 1 unspecified atom stereocenters. The molecule has 312 valence electrons. The highest BCUT2D eigenvalue weighted by Crippen LogP contribution is 2.38. The number of pyridine rings is 1. The van der Waals surface area contributed by atoms with Crippen LogP contribution in [0.2, 0.25) is 0 Å². The van der Waals surface area contributed by atoms with Crippen LogP contribution in [0, 0.1) is 11.7 Å². The van der Waals surface area contributed by atoms with Gasteiger partial charge in [-0.15, -0.1) is 6.58 Å². The number of benzene rings is 2. The zero-order chi connectivity index (χ0) is 41.5. The fraction of sp³-hybridized carbons (Fsp3) is 0.409. The van der Waals surface area contributed by atoms with Gasteiger partial charge in [0.2, 0.25) is 17.8 Å². The Morgan fingerprint density at radius 3 is 2.53 bits per heavy atom. The molecule has 4 N–H and O–H groups in total. The Hall–Kier alpha value is -6.13. The molecule has 15 nitrogen and oxygen atoms in total. The van der Waals surface area contributed by atoms with Crippen LogP contribution < -0.4 is 31.1 Å². The summed E-state index contributed by atoms with van der Waals surface area (Å²) in [5.41, 5.74) is 3.24. The molecule has 5 aromatic rings. The topological polar surface area (TPSA) is 172 Å². The molecular weight excluding hydrogens is 768 g/mol. The summed E-state index contributed by atoms with van der Waals surface area (Å²) in [5.74, 6) is 0.406. The van der Waals surface area contributed by atoms with E-state index < -0.39 is 23.4 Å². The average molecular weight is 817 g/mol. The highest BCUT2D eigenvalue weighted by Gasteiger charge is 2.37. The normalized spacial score (nSPS) is 21.1. The van der Waals surface area contributed by atoms with Gasteiger partial charge in [-0.3, -0.25) is 24.6 Å². The number of anilines is 4. The van der Waals surface area contributed by atoms with Gasteiger partial charge in [-0.05, 0) is 92.5 Å². The van der Waals surface area contributed by atoms with Gasteiger partial charge in [-0.25, -0.2) is 23.7 Å². The van der Waals surface area contributed by atoms with Crippen LogP contribution in [0.4, 0.5) is 27.4 Å². The van der Waals surface area contributed by atoms with Crippen LogP contribution >= 0.6 is 0 Å². The van der Waals surface area contributed by atoms with Crippen molar-refractivity contribution in [1.82, 2.24) is 34.5 Å². The maximum absolute atomic E-state index is 14.9. The molecule has 4 aliphatic rings. The number of aromatic nitrogens is 5. The Morgan fingerprint density at radius 2 is 1.80 bits per heavy atom. The zero-order valence-electron chi connectivity index (χ0n) is 33.6. The van der Waals surface area contributed by atoms with E-state index >= 15 is 0 Å². The van der Waals surface area contributed by atoms with Crippen molar-refractivity contribution in [3.63, 3.8) is 0 Å². The molecular formula is C44H49FN10O5. The number of imide groups is 1. The molecule has 2 atom stereocenters. The lowest BCUT2D eigenvalue weighted by molar-refractivity contribution is -0.133. The fourth-order valence-corrected chi connectivity index (χ4v) is 8.88. The Kier molecular flexibility index (Phi) is 10.6. The van der Waals surface area contributed by atoms with E-state index in [0.717, 1.165) is 68.9 Å². The highest BCUT2D eigenvalue weighted by atomic mass is 19.1. The standard InChI is InChI=1S/C44H49FN10O5/c1-3-19-54-42(58)33-23-46-43(51-40(33)55(54)37-13-5-28-15-18-44(59,4-2)39(28)49-37)48-29-6-9-31(10-7-29)53-20-16-27(17-21-53)24-52-25-32(26-52)60-36-12-8-30(22-34(36)45)47-35-11-14-38(56)50-41(35)57/h3,5-10,12-13,22-23,27,32,35,47,59H,1,4,11,14-21,24-26H2,2H3,(H,46,48,51)(H,50,56,57)/t35?,44-/m1/s1. The van der Waals surface area contributed by atoms with Gasteiger partial charge in [0.1, 0.15) is 23.1 Å². The second-order valence-corrected chi connectivity index (χ2v) is 16.3. The molecule has 3 aliphatic heterocycles. The third-order valence-corrected chi connectivity index (χ3v) is 12.3. The van der Waals surface area contributed by atoms with Crippen molar-refractivity contribution in [2.24, 2.45) is 5.92 Å². The number of aliphatic hydroxyl groups is 1. The number of carbonyl (C=O) groups is 2. The number of allylic oxidation sites excluding steroid dienone is 1. The average Bonchev–Trinajstić information content (AvgIpc) is 3.71. The second kappa shape index (κ2) is 16.1. The molecule has 3 saturated heterocycles. The van der Waals surface area contributed by atoms with E-state index in [9.17, 15) is 23.9 Å². The van der Waals surface area contributed by atoms with Crippen molar-refractivity contribution in [2.75, 3.05) is 48.3 Å². The molecule has 0 radical (unpaired) electrons. The molecule has 9 rings (SSSR count). The third kappa shape index (κ3) is 7.72. The van der Waals surface area contributed by atoms with Crippen LogP contribution in [0.1, 0.15) is 56.7 Å². The highest BCUT2D eigenvalue weighted by molar-refractivity contribution is 6.01. The van der Waals surface area contributed by atoms with Gasteiger partial charge in [0.05, 0.1) is 12.2 Å². The summed E-state index contributed by atoms with van der Waals surface area (Å²) in [6.07, 6.45) is 7.77. The minimum atomic E-state index is -1.00. The minimum absolute atomic E-state index is 0.0823. The van der Waals surface area contributed by atoms with E-state index in [1.807, 2.05) is 31.2 Å². The summed E-state index contributed by atoms with van der Waals surface area (Å²) in [6, 6.07) is 16.1. The molecule has 3 fully saturated rings. The smallest absolute Gasteiger partial charge is 0.278 e. The van der Waals surface area contributed by atoms with E-state index in [0.29, 0.717) is 59.4 Å². The van der Waals surface area contributed by atoms with Crippen molar-refractivity contribution in [3.8, 4) is 11.6 Å². The Labute approximate surface area is 346 Å². The van der Waals surface area contributed by atoms with E-state index in [1.54, 1.807) is 22.9 Å². The Morgan fingerprint density at radius 1 is 1.02 bits per heavy atom. The van der Waals surface area contributed by atoms with Gasteiger partial charge in [0.15, 0.2) is 23.0 Å². The number of nitrogens with one attached hydrogen (secondary N) is 3. The first-order chi connectivity index (χ1) is 29.1. The predicted molar refractivity (Wildman–Crippen MR) is 225 cm³/mol. The summed E-state index contributed by atoms with van der Waals surface area (Å²) in [6.45, 7) is 10.4. The summed E-state index contributed by atoms with van der Waals surface area (Å²) in [4.78, 5) is 55.9. The summed E-state index contributed by atoms with van der Waals surface area (Å²) in [5, 5.41) is 20.2. The molecule has 0 spiro atoms. The summed E-state index contributed by atoms with van der Waals surface area (Å²) in [7, 11) is 0. The summed E-state index contributed by atoms with van der Waals surface area (Å²) >= 11 is 0. The molecule has 6 heterocycles. The molecule has 1 aliphatic carbocycles. The maximum atomic E-state index is 14.9. The van der Waals surface area contributed by atoms with Gasteiger partial charge in [0.25, 0.3) is 5.56 Å². The first-order valence-corrected chi connectivity index (χ1v) is 20.8. The molecule has 2 aromatic carbocycles. The molecule has 0 bridgehead atoms. The number of fused-ring (bicyclic) bond motifs is 2. The predicted octanol–water partition coefficient (Wildman–Crippen LogP) is 4.79. The monoisotopic (exact) mass is 816 g/mol. The quantitative estimate of drug-likeness (QED) is 0.0949. The number of likely N-dealkylation sites (tertiary alicyclic amines) is 1. The SMILES string of the molecule is C=CCn1c(=O)c2cnc(Nc3ccc(N4CCC(CN5CC(Oc6ccc(NC7CCC(=O)NC7=O)cc6F)C5)CC4)cc3)nc2n1-c1ccc2c(n1)[C@@](O)(CC)CC2. The van der Waals surface area contributed by atoms with Crippen molar-refractivity contribution in [3.05, 3.63) is 101 Å². The first-order valence-electron chi connectivity index (χ1n) is 20.8. The lowest BCUT2D eigenvalue weighted by atomic mass is 9.94. The lowest BCUT2D eigenvalue weighted by Crippen LogP contribution is -2.55. The van der Waals surface area contributed by atoms with Crippen LogP contribution in [-0.4, -0.2) is 91.0 Å². The number of rotatable bonds is 13. The molecule has 0 saturated carbocycles.